The van der Waals surface area contributed by atoms with Gasteiger partial charge in [0.25, 0.3) is 0 Å². The molecule has 0 aromatic heterocycles. The first kappa shape index (κ1) is 60.9. The standard InChI is InChI=1S/C57H106O6/c1-4-7-10-13-16-19-22-25-27-28-29-30-33-35-38-41-44-47-50-56(59)62-53-54(52-61-55(58)49-46-43-40-37-34-31-24-21-18-15-12-9-6-3)63-57(60)51-48-45-42-39-36-32-26-23-20-17-14-11-8-5-2/h29-30,32,36,54H,4-28,31,33-35,37-53H2,1-3H3/b30-29-,36-32-. The fourth-order valence-corrected chi connectivity index (χ4v) is 8.20. The van der Waals surface area contributed by atoms with Gasteiger partial charge in [-0.05, 0) is 70.6 Å². The van der Waals surface area contributed by atoms with Crippen LogP contribution in [0.5, 0.6) is 0 Å². The highest BCUT2D eigenvalue weighted by Crippen LogP contribution is 2.16. The zero-order chi connectivity index (χ0) is 45.8. The van der Waals surface area contributed by atoms with Crippen LogP contribution in [0.2, 0.25) is 0 Å². The number of allylic oxidation sites excluding steroid dienone is 4. The van der Waals surface area contributed by atoms with Gasteiger partial charge in [-0.25, -0.2) is 0 Å². The number of unbranched alkanes of at least 4 members (excludes halogenated alkanes) is 36. The van der Waals surface area contributed by atoms with Gasteiger partial charge in [-0.2, -0.15) is 0 Å². The van der Waals surface area contributed by atoms with Crippen molar-refractivity contribution in [2.75, 3.05) is 13.2 Å². The lowest BCUT2D eigenvalue weighted by atomic mass is 10.0. The van der Waals surface area contributed by atoms with Gasteiger partial charge in [-0.3, -0.25) is 14.4 Å². The predicted octanol–water partition coefficient (Wildman–Crippen LogP) is 18.3. The number of esters is 3. The smallest absolute Gasteiger partial charge is 0.306 e. The molecule has 6 heteroatoms. The lowest BCUT2D eigenvalue weighted by Crippen LogP contribution is -2.30. The van der Waals surface area contributed by atoms with E-state index in [4.69, 9.17) is 14.2 Å². The molecule has 0 radical (unpaired) electrons. The van der Waals surface area contributed by atoms with Gasteiger partial charge in [-0.15, -0.1) is 0 Å². The van der Waals surface area contributed by atoms with E-state index >= 15 is 0 Å². The summed E-state index contributed by atoms with van der Waals surface area (Å²) in [6, 6.07) is 0. The lowest BCUT2D eigenvalue weighted by molar-refractivity contribution is -0.167. The van der Waals surface area contributed by atoms with Crippen LogP contribution in [0.4, 0.5) is 0 Å². The Morgan fingerprint density at radius 3 is 0.810 bits per heavy atom. The Balaban J connectivity index is 4.35. The van der Waals surface area contributed by atoms with Crippen LogP contribution in [0.3, 0.4) is 0 Å². The Morgan fingerprint density at radius 2 is 0.524 bits per heavy atom. The molecule has 6 nitrogen and oxygen atoms in total. The molecule has 1 atom stereocenters. The number of hydrogen-bond acceptors (Lipinski definition) is 6. The lowest BCUT2D eigenvalue weighted by Gasteiger charge is -2.18. The topological polar surface area (TPSA) is 78.9 Å². The molecular formula is C57H106O6. The minimum Gasteiger partial charge on any atom is -0.462 e. The van der Waals surface area contributed by atoms with E-state index in [9.17, 15) is 14.4 Å². The fraction of sp³-hybridized carbons (Fsp3) is 0.877. The number of rotatable bonds is 51. The first-order valence-corrected chi connectivity index (χ1v) is 27.8. The molecule has 0 N–H and O–H groups in total. The van der Waals surface area contributed by atoms with Gasteiger partial charge < -0.3 is 14.2 Å². The molecule has 0 bridgehead atoms. The predicted molar refractivity (Wildman–Crippen MR) is 270 cm³/mol. The van der Waals surface area contributed by atoms with E-state index in [1.165, 1.54) is 186 Å². The summed E-state index contributed by atoms with van der Waals surface area (Å²) >= 11 is 0. The molecule has 0 aromatic rings. The monoisotopic (exact) mass is 887 g/mol. The summed E-state index contributed by atoms with van der Waals surface area (Å²) in [6.07, 6.45) is 60.2. The Morgan fingerprint density at radius 1 is 0.302 bits per heavy atom. The Hall–Kier alpha value is -2.11. The van der Waals surface area contributed by atoms with Crippen LogP contribution >= 0.6 is 0 Å². The van der Waals surface area contributed by atoms with Gasteiger partial charge in [-0.1, -0.05) is 238 Å². The van der Waals surface area contributed by atoms with Crippen molar-refractivity contribution in [3.63, 3.8) is 0 Å². The van der Waals surface area contributed by atoms with E-state index in [2.05, 4.69) is 45.1 Å². The van der Waals surface area contributed by atoms with Gasteiger partial charge in [0.1, 0.15) is 13.2 Å². The summed E-state index contributed by atoms with van der Waals surface area (Å²) in [5.41, 5.74) is 0. The maximum atomic E-state index is 12.8. The molecule has 0 aliphatic rings. The molecule has 0 saturated heterocycles. The van der Waals surface area contributed by atoms with Crippen molar-refractivity contribution >= 4 is 17.9 Å². The maximum absolute atomic E-state index is 12.8. The van der Waals surface area contributed by atoms with Crippen molar-refractivity contribution < 1.29 is 28.6 Å². The van der Waals surface area contributed by atoms with Crippen LogP contribution in [0.1, 0.15) is 303 Å². The molecule has 0 fully saturated rings. The van der Waals surface area contributed by atoms with E-state index < -0.39 is 6.10 Å². The zero-order valence-electron chi connectivity index (χ0n) is 42.4. The SMILES string of the molecule is CCCCCCCCC/C=C\CCCCCC(=O)OC(COC(=O)CCCCCCC/C=C\CCCCCCCCCCC)COC(=O)CCCCCCCCCCCCCCC. The van der Waals surface area contributed by atoms with Crippen LogP contribution in [0.25, 0.3) is 0 Å². The molecule has 0 spiro atoms. The van der Waals surface area contributed by atoms with Crippen LogP contribution in [0.15, 0.2) is 24.3 Å². The van der Waals surface area contributed by atoms with E-state index in [1.807, 2.05) is 0 Å². The van der Waals surface area contributed by atoms with Crippen LogP contribution in [-0.4, -0.2) is 37.2 Å². The van der Waals surface area contributed by atoms with Crippen LogP contribution < -0.4 is 0 Å². The first-order valence-electron chi connectivity index (χ1n) is 27.8. The molecule has 0 rings (SSSR count). The second-order valence-electron chi connectivity index (χ2n) is 18.8. The third-order valence-corrected chi connectivity index (χ3v) is 12.4. The van der Waals surface area contributed by atoms with E-state index in [0.29, 0.717) is 19.3 Å². The van der Waals surface area contributed by atoms with Crippen molar-refractivity contribution in [3.05, 3.63) is 24.3 Å². The molecule has 63 heavy (non-hydrogen) atoms. The Labute approximate surface area is 392 Å². The normalized spacial score (nSPS) is 12.1. The first-order chi connectivity index (χ1) is 31.0. The highest BCUT2D eigenvalue weighted by atomic mass is 16.6. The molecule has 0 amide bonds. The van der Waals surface area contributed by atoms with Crippen LogP contribution in [-0.2, 0) is 28.6 Å². The largest absolute Gasteiger partial charge is 0.462 e. The average molecular weight is 887 g/mol. The second-order valence-corrected chi connectivity index (χ2v) is 18.8. The molecule has 0 aliphatic carbocycles. The van der Waals surface area contributed by atoms with Gasteiger partial charge in [0.05, 0.1) is 0 Å². The third-order valence-electron chi connectivity index (χ3n) is 12.4. The molecular weight excluding hydrogens is 781 g/mol. The summed E-state index contributed by atoms with van der Waals surface area (Å²) in [5.74, 6) is -0.884. The number of hydrogen-bond donors (Lipinski definition) is 0. The summed E-state index contributed by atoms with van der Waals surface area (Å²) in [4.78, 5) is 38.0. The Kier molecular flexibility index (Phi) is 50.8. The number of ether oxygens (including phenoxy) is 3. The molecule has 0 aromatic carbocycles. The van der Waals surface area contributed by atoms with Gasteiger partial charge >= 0.3 is 17.9 Å². The van der Waals surface area contributed by atoms with E-state index in [0.717, 1.165) is 77.0 Å². The van der Waals surface area contributed by atoms with Crippen molar-refractivity contribution in [2.45, 2.75) is 309 Å². The third kappa shape index (κ3) is 50.7. The van der Waals surface area contributed by atoms with Crippen molar-refractivity contribution in [3.8, 4) is 0 Å². The van der Waals surface area contributed by atoms with Gasteiger partial charge in [0.2, 0.25) is 0 Å². The summed E-state index contributed by atoms with van der Waals surface area (Å²) < 4.78 is 16.8. The highest BCUT2D eigenvalue weighted by Gasteiger charge is 2.19. The Bertz CT molecular complexity index is 1020. The minimum absolute atomic E-state index is 0.0759. The summed E-state index contributed by atoms with van der Waals surface area (Å²) in [5, 5.41) is 0. The van der Waals surface area contributed by atoms with Crippen LogP contribution in [0, 0.1) is 0 Å². The van der Waals surface area contributed by atoms with E-state index in [-0.39, 0.29) is 31.1 Å². The molecule has 370 valence electrons. The highest BCUT2D eigenvalue weighted by molar-refractivity contribution is 5.71. The van der Waals surface area contributed by atoms with Crippen molar-refractivity contribution in [2.24, 2.45) is 0 Å². The second kappa shape index (κ2) is 52.5. The molecule has 0 aliphatic heterocycles. The average Bonchev–Trinajstić information content (AvgIpc) is 3.28. The summed E-state index contributed by atoms with van der Waals surface area (Å²) in [7, 11) is 0. The zero-order valence-corrected chi connectivity index (χ0v) is 42.4. The molecule has 0 saturated carbocycles. The quantitative estimate of drug-likeness (QED) is 0.0262. The minimum atomic E-state index is -0.778. The maximum Gasteiger partial charge on any atom is 0.306 e. The number of carbonyl (C=O) groups excluding carboxylic acids is 3. The molecule has 0 heterocycles. The van der Waals surface area contributed by atoms with Gasteiger partial charge in [0.15, 0.2) is 6.10 Å². The van der Waals surface area contributed by atoms with Crippen molar-refractivity contribution in [1.82, 2.24) is 0 Å². The number of carbonyl (C=O) groups is 3. The molecule has 1 unspecified atom stereocenters. The fourth-order valence-electron chi connectivity index (χ4n) is 8.20. The van der Waals surface area contributed by atoms with E-state index in [1.54, 1.807) is 0 Å². The summed E-state index contributed by atoms with van der Waals surface area (Å²) in [6.45, 7) is 6.65. The van der Waals surface area contributed by atoms with Crippen molar-refractivity contribution in [1.29, 1.82) is 0 Å². The van der Waals surface area contributed by atoms with Gasteiger partial charge in [0, 0.05) is 19.3 Å².